The zero-order valence-corrected chi connectivity index (χ0v) is 22.0. The van der Waals surface area contributed by atoms with Crippen LogP contribution in [0.3, 0.4) is 0 Å². The number of hydrogen-bond acceptors (Lipinski definition) is 4. The number of aromatic nitrogens is 3. The van der Waals surface area contributed by atoms with Gasteiger partial charge in [0, 0.05) is 39.2 Å². The lowest BCUT2D eigenvalue weighted by Crippen LogP contribution is -2.22. The molecule has 1 amide bonds. The van der Waals surface area contributed by atoms with Crippen molar-refractivity contribution >= 4 is 55.5 Å². The molecule has 37 heavy (non-hydrogen) atoms. The molecule has 0 saturated carbocycles. The van der Waals surface area contributed by atoms with Crippen LogP contribution >= 0.6 is 15.9 Å². The minimum absolute atomic E-state index is 0.127. The Hall–Kier alpha value is -4.04. The second-order valence-electron chi connectivity index (χ2n) is 8.80. The molecule has 0 aliphatic carbocycles. The van der Waals surface area contributed by atoms with Gasteiger partial charge >= 0.3 is 0 Å². The molecular weight excluding hydrogens is 530 g/mol. The SMILES string of the molecule is CCCCc1nc2ccc(Br)cc2c(=O)n1N=Cc1cn(CC(=O)Nc2ccccc2)c2ccccc12. The number of unbranched alkanes of at least 4 members (excludes halogenated alkanes) is 1. The molecule has 0 spiro atoms. The molecule has 5 aromatic rings. The minimum atomic E-state index is -0.209. The van der Waals surface area contributed by atoms with E-state index in [1.54, 1.807) is 12.3 Å². The first-order valence-electron chi connectivity index (χ1n) is 12.2. The molecule has 0 bridgehead atoms. The summed E-state index contributed by atoms with van der Waals surface area (Å²) in [7, 11) is 0. The molecule has 2 aromatic heterocycles. The van der Waals surface area contributed by atoms with Crippen LogP contribution in [0.15, 0.2) is 93.4 Å². The highest BCUT2D eigenvalue weighted by molar-refractivity contribution is 9.10. The summed E-state index contributed by atoms with van der Waals surface area (Å²) in [6, 6.07) is 22.7. The van der Waals surface area contributed by atoms with Crippen molar-refractivity contribution in [3.8, 4) is 0 Å². The van der Waals surface area contributed by atoms with Crippen molar-refractivity contribution in [2.24, 2.45) is 5.10 Å². The Kier molecular flexibility index (Phi) is 7.28. The van der Waals surface area contributed by atoms with Crippen LogP contribution in [0.4, 0.5) is 5.69 Å². The zero-order valence-electron chi connectivity index (χ0n) is 20.4. The second-order valence-corrected chi connectivity index (χ2v) is 9.71. The number of carbonyl (C=O) groups excluding carboxylic acids is 1. The summed E-state index contributed by atoms with van der Waals surface area (Å²) < 4.78 is 4.11. The molecule has 186 valence electrons. The predicted octanol–water partition coefficient (Wildman–Crippen LogP) is 5.98. The van der Waals surface area contributed by atoms with Gasteiger partial charge in [-0.25, -0.2) is 4.98 Å². The number of nitrogens with zero attached hydrogens (tertiary/aromatic N) is 4. The molecule has 3 aromatic carbocycles. The molecule has 7 nitrogen and oxygen atoms in total. The normalized spacial score (nSPS) is 11.5. The van der Waals surface area contributed by atoms with E-state index in [0.717, 1.165) is 39.5 Å². The van der Waals surface area contributed by atoms with Crippen molar-refractivity contribution in [2.75, 3.05) is 5.32 Å². The number of halogens is 1. The second kappa shape index (κ2) is 10.9. The van der Waals surface area contributed by atoms with Crippen LogP contribution in [-0.4, -0.2) is 26.3 Å². The topological polar surface area (TPSA) is 81.3 Å². The molecule has 0 unspecified atom stereocenters. The number of nitrogens with one attached hydrogen (secondary N) is 1. The Morgan fingerprint density at radius 3 is 2.65 bits per heavy atom. The van der Waals surface area contributed by atoms with Crippen LogP contribution < -0.4 is 10.9 Å². The van der Waals surface area contributed by atoms with Crippen molar-refractivity contribution in [2.45, 2.75) is 32.7 Å². The van der Waals surface area contributed by atoms with E-state index in [2.05, 4.69) is 33.3 Å². The number of aryl methyl sites for hydroxylation is 1. The molecule has 5 rings (SSSR count). The smallest absolute Gasteiger partial charge is 0.282 e. The molecule has 8 heteroatoms. The average molecular weight is 556 g/mol. The van der Waals surface area contributed by atoms with Gasteiger partial charge in [-0.05, 0) is 42.8 Å². The van der Waals surface area contributed by atoms with Crippen LogP contribution in [0, 0.1) is 0 Å². The summed E-state index contributed by atoms with van der Waals surface area (Å²) in [5.74, 6) is 0.502. The van der Waals surface area contributed by atoms with Gasteiger partial charge in [-0.1, -0.05) is 65.7 Å². The number of fused-ring (bicyclic) bond motifs is 2. The Labute approximate surface area is 222 Å². The molecule has 0 aliphatic heterocycles. The van der Waals surface area contributed by atoms with Crippen molar-refractivity contribution in [3.63, 3.8) is 0 Å². The van der Waals surface area contributed by atoms with Gasteiger partial charge in [-0.2, -0.15) is 9.78 Å². The first kappa shape index (κ1) is 24.6. The summed E-state index contributed by atoms with van der Waals surface area (Å²) in [5.41, 5.74) is 2.92. The molecule has 0 fully saturated rings. The molecule has 1 N–H and O–H groups in total. The highest BCUT2D eigenvalue weighted by atomic mass is 79.9. The molecule has 2 heterocycles. The lowest BCUT2D eigenvalue weighted by molar-refractivity contribution is -0.116. The first-order chi connectivity index (χ1) is 18.0. The Morgan fingerprint density at radius 2 is 1.84 bits per heavy atom. The van der Waals surface area contributed by atoms with Crippen LogP contribution in [-0.2, 0) is 17.8 Å². The highest BCUT2D eigenvalue weighted by Gasteiger charge is 2.13. The molecule has 0 aliphatic rings. The van der Waals surface area contributed by atoms with E-state index >= 15 is 0 Å². The van der Waals surface area contributed by atoms with E-state index in [4.69, 9.17) is 4.98 Å². The van der Waals surface area contributed by atoms with Crippen LogP contribution in [0.1, 0.15) is 31.2 Å². The fourth-order valence-electron chi connectivity index (χ4n) is 4.32. The zero-order chi connectivity index (χ0) is 25.8. The average Bonchev–Trinajstić information content (AvgIpc) is 3.25. The molecule has 0 atom stereocenters. The third kappa shape index (κ3) is 5.39. The number of hydrogen-bond donors (Lipinski definition) is 1. The van der Waals surface area contributed by atoms with Crippen LogP contribution in [0.25, 0.3) is 21.8 Å². The lowest BCUT2D eigenvalue weighted by atomic mass is 10.2. The number of anilines is 1. The number of benzene rings is 3. The number of amides is 1. The fraction of sp³-hybridized carbons (Fsp3) is 0.172. The summed E-state index contributed by atoms with van der Waals surface area (Å²) in [6.07, 6.45) is 6.10. The summed E-state index contributed by atoms with van der Waals surface area (Å²) in [6.45, 7) is 2.25. The summed E-state index contributed by atoms with van der Waals surface area (Å²) >= 11 is 3.45. The van der Waals surface area contributed by atoms with E-state index in [1.165, 1.54) is 4.68 Å². The standard InChI is InChI=1S/C29H26BrN5O2/c1-2-3-13-27-33-25-15-14-21(30)16-24(25)29(37)35(27)31-17-20-18-34(26-12-8-7-11-23(20)26)19-28(36)32-22-9-5-4-6-10-22/h4-12,14-18H,2-3,13,19H2,1H3,(H,32,36). The van der Waals surface area contributed by atoms with Crippen molar-refractivity contribution < 1.29 is 4.79 Å². The van der Waals surface area contributed by atoms with Crippen LogP contribution in [0.2, 0.25) is 0 Å². The fourth-order valence-corrected chi connectivity index (χ4v) is 4.68. The maximum atomic E-state index is 13.4. The summed E-state index contributed by atoms with van der Waals surface area (Å²) in [4.78, 5) is 30.9. The van der Waals surface area contributed by atoms with Crippen molar-refractivity contribution in [3.05, 3.63) is 105 Å². The van der Waals surface area contributed by atoms with E-state index in [0.29, 0.717) is 23.1 Å². The maximum Gasteiger partial charge on any atom is 0.282 e. The molecule has 0 radical (unpaired) electrons. The molecule has 0 saturated heterocycles. The van der Waals surface area contributed by atoms with E-state index in [1.807, 2.05) is 77.5 Å². The third-order valence-electron chi connectivity index (χ3n) is 6.13. The molecular formula is C29H26BrN5O2. The van der Waals surface area contributed by atoms with Gasteiger partial charge < -0.3 is 9.88 Å². The van der Waals surface area contributed by atoms with Gasteiger partial charge in [0.2, 0.25) is 5.91 Å². The van der Waals surface area contributed by atoms with E-state index < -0.39 is 0 Å². The van der Waals surface area contributed by atoms with E-state index in [-0.39, 0.29) is 18.0 Å². The van der Waals surface area contributed by atoms with Gasteiger partial charge in [0.05, 0.1) is 17.1 Å². The highest BCUT2D eigenvalue weighted by Crippen LogP contribution is 2.21. The Balaban J connectivity index is 1.51. The number of rotatable bonds is 8. The lowest BCUT2D eigenvalue weighted by Gasteiger charge is -2.09. The first-order valence-corrected chi connectivity index (χ1v) is 13.0. The number of para-hydroxylation sites is 2. The van der Waals surface area contributed by atoms with Gasteiger partial charge in [0.15, 0.2) is 0 Å². The van der Waals surface area contributed by atoms with Crippen molar-refractivity contribution in [1.29, 1.82) is 0 Å². The predicted molar refractivity (Wildman–Crippen MR) is 152 cm³/mol. The van der Waals surface area contributed by atoms with Gasteiger partial charge in [0.1, 0.15) is 12.4 Å². The Bertz CT molecular complexity index is 1670. The maximum absolute atomic E-state index is 13.4. The van der Waals surface area contributed by atoms with Crippen LogP contribution in [0.5, 0.6) is 0 Å². The van der Waals surface area contributed by atoms with Crippen molar-refractivity contribution in [1.82, 2.24) is 14.2 Å². The van der Waals surface area contributed by atoms with Gasteiger partial charge in [0.25, 0.3) is 5.56 Å². The van der Waals surface area contributed by atoms with E-state index in [9.17, 15) is 9.59 Å². The summed E-state index contributed by atoms with van der Waals surface area (Å²) in [5, 5.41) is 8.98. The van der Waals surface area contributed by atoms with Gasteiger partial charge in [-0.3, -0.25) is 9.59 Å². The largest absolute Gasteiger partial charge is 0.337 e. The monoisotopic (exact) mass is 555 g/mol. The Morgan fingerprint density at radius 1 is 1.05 bits per heavy atom. The third-order valence-corrected chi connectivity index (χ3v) is 6.63. The minimum Gasteiger partial charge on any atom is -0.337 e. The number of carbonyl (C=O) groups is 1. The quantitative estimate of drug-likeness (QED) is 0.239. The van der Waals surface area contributed by atoms with Gasteiger partial charge in [-0.15, -0.1) is 0 Å².